The highest BCUT2D eigenvalue weighted by atomic mass is 16.3. The Morgan fingerprint density at radius 1 is 0.833 bits per heavy atom. The van der Waals surface area contributed by atoms with Gasteiger partial charge in [0.15, 0.2) is 0 Å². The molecule has 0 bridgehead atoms. The van der Waals surface area contributed by atoms with E-state index in [4.69, 9.17) is 8.83 Å². The van der Waals surface area contributed by atoms with Gasteiger partial charge in [0.05, 0.1) is 18.8 Å². The molecule has 5 aromatic rings. The van der Waals surface area contributed by atoms with Gasteiger partial charge in [-0.1, -0.05) is 48.5 Å². The molecule has 1 amide bonds. The summed E-state index contributed by atoms with van der Waals surface area (Å²) >= 11 is 0. The third-order valence-electron chi connectivity index (χ3n) is 5.09. The third kappa shape index (κ3) is 3.58. The molecule has 5 nitrogen and oxygen atoms in total. The number of nitrogens with one attached hydrogen (secondary N) is 2. The average Bonchev–Trinajstić information content (AvgIpc) is 3.43. The van der Waals surface area contributed by atoms with E-state index < -0.39 is 0 Å². The summed E-state index contributed by atoms with van der Waals surface area (Å²) in [4.78, 5) is 12.6. The number of anilines is 1. The van der Waals surface area contributed by atoms with Crippen molar-refractivity contribution >= 4 is 33.5 Å². The van der Waals surface area contributed by atoms with Crippen LogP contribution in [0.3, 0.4) is 0 Å². The van der Waals surface area contributed by atoms with Crippen LogP contribution < -0.4 is 10.6 Å². The molecule has 0 radical (unpaired) electrons. The highest BCUT2D eigenvalue weighted by Gasteiger charge is 2.17. The lowest BCUT2D eigenvalue weighted by Crippen LogP contribution is -2.31. The van der Waals surface area contributed by atoms with E-state index in [2.05, 4.69) is 10.6 Å². The van der Waals surface area contributed by atoms with Gasteiger partial charge in [0.25, 0.3) is 0 Å². The number of para-hydroxylation sites is 1. The van der Waals surface area contributed by atoms with Crippen LogP contribution in [-0.2, 0) is 4.79 Å². The Labute approximate surface area is 173 Å². The molecular weight excluding hydrogens is 376 g/mol. The molecule has 0 aliphatic carbocycles. The summed E-state index contributed by atoms with van der Waals surface area (Å²) in [6.45, 7) is 0.143. The topological polar surface area (TPSA) is 67.4 Å². The Balaban J connectivity index is 1.32. The third-order valence-corrected chi connectivity index (χ3v) is 5.09. The lowest BCUT2D eigenvalue weighted by atomic mass is 10.0. The molecule has 148 valence electrons. The molecule has 0 saturated heterocycles. The Morgan fingerprint density at radius 3 is 2.47 bits per heavy atom. The van der Waals surface area contributed by atoms with Gasteiger partial charge in [-0.05, 0) is 42.0 Å². The van der Waals surface area contributed by atoms with Crippen LogP contribution in [-0.4, -0.2) is 12.5 Å². The molecular formula is C25H20N2O3. The second-order valence-corrected chi connectivity index (χ2v) is 7.10. The van der Waals surface area contributed by atoms with Crippen molar-refractivity contribution in [3.8, 4) is 0 Å². The summed E-state index contributed by atoms with van der Waals surface area (Å²) in [7, 11) is 0. The van der Waals surface area contributed by atoms with Crippen molar-refractivity contribution in [2.24, 2.45) is 0 Å². The number of hydrogen-bond donors (Lipinski definition) is 2. The minimum atomic E-state index is -0.202. The van der Waals surface area contributed by atoms with E-state index in [1.54, 1.807) is 6.26 Å². The number of amides is 1. The van der Waals surface area contributed by atoms with Gasteiger partial charge in [0, 0.05) is 16.5 Å². The molecule has 0 aliphatic rings. The first-order chi connectivity index (χ1) is 14.8. The zero-order valence-electron chi connectivity index (χ0n) is 16.2. The van der Waals surface area contributed by atoms with Crippen molar-refractivity contribution in [3.63, 3.8) is 0 Å². The van der Waals surface area contributed by atoms with Crippen LogP contribution in [0.5, 0.6) is 0 Å². The molecule has 2 N–H and O–H groups in total. The van der Waals surface area contributed by atoms with Crippen molar-refractivity contribution in [1.29, 1.82) is 0 Å². The maximum Gasteiger partial charge on any atom is 0.238 e. The van der Waals surface area contributed by atoms with E-state index in [-0.39, 0.29) is 18.5 Å². The fourth-order valence-electron chi connectivity index (χ4n) is 3.69. The second kappa shape index (κ2) is 7.89. The summed E-state index contributed by atoms with van der Waals surface area (Å²) in [5.41, 5.74) is 3.40. The monoisotopic (exact) mass is 396 g/mol. The van der Waals surface area contributed by atoms with Crippen LogP contribution in [0.4, 0.5) is 5.69 Å². The van der Waals surface area contributed by atoms with Crippen LogP contribution in [0.1, 0.15) is 17.4 Å². The molecule has 30 heavy (non-hydrogen) atoms. The van der Waals surface area contributed by atoms with Gasteiger partial charge in [0.2, 0.25) is 5.91 Å². The van der Waals surface area contributed by atoms with Crippen LogP contribution in [0, 0.1) is 0 Å². The van der Waals surface area contributed by atoms with E-state index in [1.165, 1.54) is 0 Å². The van der Waals surface area contributed by atoms with Gasteiger partial charge in [-0.2, -0.15) is 0 Å². The summed E-state index contributed by atoms with van der Waals surface area (Å²) in [5.74, 6) is 0.634. The van der Waals surface area contributed by atoms with Crippen molar-refractivity contribution in [2.45, 2.75) is 6.04 Å². The quantitative estimate of drug-likeness (QED) is 0.398. The lowest BCUT2D eigenvalue weighted by molar-refractivity contribution is -0.115. The summed E-state index contributed by atoms with van der Waals surface area (Å²) in [6, 6.07) is 27.0. The van der Waals surface area contributed by atoms with Crippen LogP contribution in [0.2, 0.25) is 0 Å². The van der Waals surface area contributed by atoms with Crippen molar-refractivity contribution in [2.75, 3.05) is 11.9 Å². The molecule has 2 heterocycles. The number of fused-ring (bicyclic) bond motifs is 3. The van der Waals surface area contributed by atoms with Gasteiger partial charge in [-0.15, -0.1) is 0 Å². The molecule has 0 aliphatic heterocycles. The zero-order chi connectivity index (χ0) is 20.3. The Hall–Kier alpha value is -3.83. The maximum absolute atomic E-state index is 12.6. The highest BCUT2D eigenvalue weighted by molar-refractivity contribution is 6.07. The predicted octanol–water partition coefficient (Wildman–Crippen LogP) is 5.50. The van der Waals surface area contributed by atoms with E-state index in [9.17, 15) is 4.79 Å². The average molecular weight is 396 g/mol. The molecule has 3 aromatic carbocycles. The number of rotatable bonds is 6. The Kier molecular flexibility index (Phi) is 4.79. The molecule has 2 aromatic heterocycles. The largest absolute Gasteiger partial charge is 0.467 e. The van der Waals surface area contributed by atoms with Gasteiger partial charge < -0.3 is 14.2 Å². The predicted molar refractivity (Wildman–Crippen MR) is 117 cm³/mol. The zero-order valence-corrected chi connectivity index (χ0v) is 16.2. The maximum atomic E-state index is 12.6. The van der Waals surface area contributed by atoms with E-state index in [1.807, 2.05) is 84.9 Å². The molecule has 5 heteroatoms. The number of carbonyl (C=O) groups excluding carboxylic acids is 1. The van der Waals surface area contributed by atoms with Gasteiger partial charge >= 0.3 is 0 Å². The van der Waals surface area contributed by atoms with Crippen molar-refractivity contribution < 1.29 is 13.6 Å². The van der Waals surface area contributed by atoms with Crippen LogP contribution in [0.15, 0.2) is 100 Å². The number of benzene rings is 3. The molecule has 0 spiro atoms. The molecule has 1 atom stereocenters. The minimum absolute atomic E-state index is 0.130. The standard InChI is InChI=1S/C25H20N2O3/c28-24(16-26-25(23-11-6-14-29-23)17-7-2-1-3-8-17)27-18-12-13-22-20(15-18)19-9-4-5-10-21(19)30-22/h1-15,25-26H,16H2,(H,27,28)/t25-/m0/s1. The SMILES string of the molecule is O=C(CN[C@@H](c1ccccc1)c1ccco1)Nc1ccc2oc3ccccc3c2c1. The van der Waals surface area contributed by atoms with E-state index >= 15 is 0 Å². The fraction of sp³-hybridized carbons (Fsp3) is 0.0800. The van der Waals surface area contributed by atoms with Gasteiger partial charge in [0.1, 0.15) is 16.9 Å². The molecule has 0 fully saturated rings. The first-order valence-corrected chi connectivity index (χ1v) is 9.81. The number of furan rings is 2. The fourth-order valence-corrected chi connectivity index (χ4v) is 3.69. The lowest BCUT2D eigenvalue weighted by Gasteiger charge is -2.17. The number of hydrogen-bond acceptors (Lipinski definition) is 4. The highest BCUT2D eigenvalue weighted by Crippen LogP contribution is 2.30. The first kappa shape index (κ1) is 18.2. The van der Waals surface area contributed by atoms with Crippen molar-refractivity contribution in [3.05, 3.63) is 103 Å². The first-order valence-electron chi connectivity index (χ1n) is 9.81. The summed E-state index contributed by atoms with van der Waals surface area (Å²) < 4.78 is 11.4. The Bertz CT molecular complexity index is 1290. The second-order valence-electron chi connectivity index (χ2n) is 7.10. The van der Waals surface area contributed by atoms with Gasteiger partial charge in [-0.3, -0.25) is 10.1 Å². The van der Waals surface area contributed by atoms with E-state index in [0.717, 1.165) is 38.9 Å². The number of carbonyl (C=O) groups is 1. The normalized spacial score (nSPS) is 12.3. The van der Waals surface area contributed by atoms with Crippen LogP contribution in [0.25, 0.3) is 21.9 Å². The molecule has 0 unspecified atom stereocenters. The van der Waals surface area contributed by atoms with E-state index in [0.29, 0.717) is 0 Å². The molecule has 0 saturated carbocycles. The Morgan fingerprint density at radius 2 is 1.63 bits per heavy atom. The van der Waals surface area contributed by atoms with Crippen molar-refractivity contribution in [1.82, 2.24) is 5.32 Å². The summed E-state index contributed by atoms with van der Waals surface area (Å²) in [6.07, 6.45) is 1.64. The van der Waals surface area contributed by atoms with Gasteiger partial charge in [-0.25, -0.2) is 0 Å². The van der Waals surface area contributed by atoms with Crippen LogP contribution >= 0.6 is 0 Å². The minimum Gasteiger partial charge on any atom is -0.467 e. The summed E-state index contributed by atoms with van der Waals surface area (Å²) in [5, 5.41) is 8.27. The smallest absolute Gasteiger partial charge is 0.238 e. The molecule has 5 rings (SSSR count).